The second-order valence-corrected chi connectivity index (χ2v) is 12.3. The summed E-state index contributed by atoms with van der Waals surface area (Å²) in [4.78, 5) is 0. The number of nitrogens with two attached hydrogens (primary N) is 2. The molecule has 0 amide bonds. The van der Waals surface area contributed by atoms with Gasteiger partial charge in [-0.25, -0.2) is 0 Å². The van der Waals surface area contributed by atoms with Crippen LogP contribution in [0.4, 0.5) is 11.4 Å². The highest BCUT2D eigenvalue weighted by atomic mass is 16.5. The Hall–Kier alpha value is -3.92. The van der Waals surface area contributed by atoms with Crippen LogP contribution in [0.15, 0.2) is 84.9 Å². The minimum Gasteiger partial charge on any atom is -0.457 e. The Kier molecular flexibility index (Phi) is 7.07. The third-order valence-corrected chi connectivity index (χ3v) is 7.90. The predicted octanol–water partition coefficient (Wildman–Crippen LogP) is 9.18. The van der Waals surface area contributed by atoms with Gasteiger partial charge in [-0.05, 0) is 105 Å². The van der Waals surface area contributed by atoms with Gasteiger partial charge in [0.15, 0.2) is 0 Å². The second kappa shape index (κ2) is 10.3. The topological polar surface area (TPSA) is 70.5 Å². The van der Waals surface area contributed by atoms with Crippen LogP contribution in [0.1, 0.15) is 62.3 Å². The van der Waals surface area contributed by atoms with Gasteiger partial charge in [-0.1, -0.05) is 56.2 Å². The SMILES string of the molecule is Cc1ccc(Oc2ccc(N)cc2)c(C2(c3cc(C)ccc3Oc3ccc(N)cc3)CC(C)CC(C)(C)C2)c1. The molecule has 0 bridgehead atoms. The van der Waals surface area contributed by atoms with Crippen LogP contribution >= 0.6 is 0 Å². The van der Waals surface area contributed by atoms with Gasteiger partial charge in [0, 0.05) is 27.9 Å². The number of hydrogen-bond acceptors (Lipinski definition) is 4. The molecule has 202 valence electrons. The predicted molar refractivity (Wildman–Crippen MR) is 162 cm³/mol. The van der Waals surface area contributed by atoms with Crippen molar-refractivity contribution in [1.29, 1.82) is 0 Å². The van der Waals surface area contributed by atoms with Crippen molar-refractivity contribution in [2.24, 2.45) is 11.3 Å². The average molecular weight is 521 g/mol. The van der Waals surface area contributed by atoms with Crippen molar-refractivity contribution < 1.29 is 9.47 Å². The van der Waals surface area contributed by atoms with Gasteiger partial charge in [-0.2, -0.15) is 0 Å². The van der Waals surface area contributed by atoms with E-state index >= 15 is 0 Å². The molecule has 5 rings (SSSR count). The molecule has 0 aromatic heterocycles. The third-order valence-electron chi connectivity index (χ3n) is 7.90. The molecular weight excluding hydrogens is 480 g/mol. The minimum atomic E-state index is -0.314. The number of rotatable bonds is 6. The molecule has 4 nitrogen and oxygen atoms in total. The zero-order valence-corrected chi connectivity index (χ0v) is 23.8. The van der Waals surface area contributed by atoms with Crippen molar-refractivity contribution in [3.05, 3.63) is 107 Å². The number of ether oxygens (including phenoxy) is 2. The molecule has 1 fully saturated rings. The molecule has 39 heavy (non-hydrogen) atoms. The fourth-order valence-electron chi connectivity index (χ4n) is 6.67. The summed E-state index contributed by atoms with van der Waals surface area (Å²) in [7, 11) is 0. The molecule has 4 aromatic carbocycles. The highest BCUT2D eigenvalue weighted by molar-refractivity contribution is 5.57. The van der Waals surface area contributed by atoms with Gasteiger partial charge < -0.3 is 20.9 Å². The molecular formula is C35H40N2O2. The Morgan fingerprint density at radius 1 is 0.641 bits per heavy atom. The third kappa shape index (κ3) is 5.75. The Morgan fingerprint density at radius 2 is 1.08 bits per heavy atom. The summed E-state index contributed by atoms with van der Waals surface area (Å²) in [5, 5.41) is 0. The van der Waals surface area contributed by atoms with E-state index in [0.29, 0.717) is 5.92 Å². The summed E-state index contributed by atoms with van der Waals surface area (Å²) in [6, 6.07) is 28.4. The molecule has 1 atom stereocenters. The summed E-state index contributed by atoms with van der Waals surface area (Å²) in [6.45, 7) is 11.5. The summed E-state index contributed by atoms with van der Waals surface area (Å²) >= 11 is 0. The molecule has 1 saturated carbocycles. The van der Waals surface area contributed by atoms with Gasteiger partial charge in [-0.15, -0.1) is 0 Å². The largest absolute Gasteiger partial charge is 0.457 e. The molecule has 0 radical (unpaired) electrons. The highest BCUT2D eigenvalue weighted by Crippen LogP contribution is 2.57. The molecule has 4 N–H and O–H groups in total. The monoisotopic (exact) mass is 520 g/mol. The van der Waals surface area contributed by atoms with E-state index < -0.39 is 0 Å². The summed E-state index contributed by atoms with van der Waals surface area (Å²) in [5.41, 5.74) is 18.0. The van der Waals surface area contributed by atoms with Gasteiger partial charge in [0.05, 0.1) is 0 Å². The molecule has 1 unspecified atom stereocenters. The van der Waals surface area contributed by atoms with E-state index in [1.54, 1.807) is 0 Å². The zero-order chi connectivity index (χ0) is 27.8. The molecule has 1 aliphatic rings. The summed E-state index contributed by atoms with van der Waals surface area (Å²) in [6.07, 6.45) is 3.15. The minimum absolute atomic E-state index is 0.127. The van der Waals surface area contributed by atoms with E-state index in [1.807, 2.05) is 48.5 Å². The summed E-state index contributed by atoms with van der Waals surface area (Å²) < 4.78 is 13.2. The lowest BCUT2D eigenvalue weighted by Crippen LogP contribution is -2.41. The maximum Gasteiger partial charge on any atom is 0.131 e. The molecule has 4 aromatic rings. The van der Waals surface area contributed by atoms with Gasteiger partial charge in [0.2, 0.25) is 0 Å². The first kappa shape index (κ1) is 26.7. The lowest BCUT2D eigenvalue weighted by Gasteiger charge is -2.49. The van der Waals surface area contributed by atoms with Gasteiger partial charge >= 0.3 is 0 Å². The molecule has 0 heterocycles. The Labute approximate surface area is 233 Å². The standard InChI is InChI=1S/C35H40N2O2/c1-23-6-16-32(38-28-12-8-26(36)9-13-28)30(18-23)35(21-25(3)20-34(4,5)22-35)31-19-24(2)7-17-33(31)39-29-14-10-27(37)11-15-29/h6-19,25H,20-22,36-37H2,1-5H3. The van der Waals surface area contributed by atoms with E-state index in [0.717, 1.165) is 47.2 Å². The van der Waals surface area contributed by atoms with Crippen LogP contribution in [0.5, 0.6) is 23.0 Å². The van der Waals surface area contributed by atoms with Crippen LogP contribution in [-0.4, -0.2) is 0 Å². The first-order valence-corrected chi connectivity index (χ1v) is 13.8. The molecule has 4 heteroatoms. The van der Waals surface area contributed by atoms with Crippen molar-refractivity contribution >= 4 is 11.4 Å². The lowest BCUT2D eigenvalue weighted by atomic mass is 9.55. The van der Waals surface area contributed by atoms with E-state index in [-0.39, 0.29) is 10.8 Å². The number of anilines is 2. The molecule has 0 aliphatic heterocycles. The first-order valence-electron chi connectivity index (χ1n) is 13.8. The Bertz CT molecular complexity index is 1360. The van der Waals surface area contributed by atoms with Crippen molar-refractivity contribution in [1.82, 2.24) is 0 Å². The molecule has 1 aliphatic carbocycles. The second-order valence-electron chi connectivity index (χ2n) is 12.3. The van der Waals surface area contributed by atoms with E-state index in [2.05, 4.69) is 71.0 Å². The van der Waals surface area contributed by atoms with E-state index in [4.69, 9.17) is 20.9 Å². The number of hydrogen-bond donors (Lipinski definition) is 2. The van der Waals surface area contributed by atoms with Crippen LogP contribution in [0, 0.1) is 25.2 Å². The Morgan fingerprint density at radius 3 is 1.49 bits per heavy atom. The van der Waals surface area contributed by atoms with Crippen LogP contribution in [0.3, 0.4) is 0 Å². The average Bonchev–Trinajstić information content (AvgIpc) is 2.87. The van der Waals surface area contributed by atoms with Crippen LogP contribution in [-0.2, 0) is 5.41 Å². The van der Waals surface area contributed by atoms with Gasteiger partial charge in [-0.3, -0.25) is 0 Å². The van der Waals surface area contributed by atoms with E-state index in [1.165, 1.54) is 28.7 Å². The van der Waals surface area contributed by atoms with Crippen molar-refractivity contribution in [2.45, 2.75) is 59.3 Å². The fourth-order valence-corrected chi connectivity index (χ4v) is 6.67. The fraction of sp³-hybridized carbons (Fsp3) is 0.314. The lowest BCUT2D eigenvalue weighted by molar-refractivity contribution is 0.124. The van der Waals surface area contributed by atoms with Crippen molar-refractivity contribution in [3.63, 3.8) is 0 Å². The normalized spacial score (nSPS) is 17.9. The molecule has 0 spiro atoms. The van der Waals surface area contributed by atoms with Gasteiger partial charge in [0.1, 0.15) is 23.0 Å². The van der Waals surface area contributed by atoms with Crippen molar-refractivity contribution in [3.8, 4) is 23.0 Å². The number of aryl methyl sites for hydroxylation is 2. The summed E-state index contributed by atoms with van der Waals surface area (Å²) in [5.74, 6) is 3.80. The smallest absolute Gasteiger partial charge is 0.131 e. The number of benzene rings is 4. The van der Waals surface area contributed by atoms with Crippen LogP contribution in [0.2, 0.25) is 0 Å². The van der Waals surface area contributed by atoms with Gasteiger partial charge in [0.25, 0.3) is 0 Å². The maximum atomic E-state index is 6.61. The first-order chi connectivity index (χ1) is 18.5. The van der Waals surface area contributed by atoms with E-state index in [9.17, 15) is 0 Å². The Balaban J connectivity index is 1.72. The zero-order valence-electron chi connectivity index (χ0n) is 23.8. The quantitative estimate of drug-likeness (QED) is 0.249. The number of nitrogen functional groups attached to an aromatic ring is 2. The highest BCUT2D eigenvalue weighted by Gasteiger charge is 2.48. The maximum absolute atomic E-state index is 6.61. The van der Waals surface area contributed by atoms with Crippen molar-refractivity contribution in [2.75, 3.05) is 11.5 Å². The van der Waals surface area contributed by atoms with Crippen LogP contribution in [0.25, 0.3) is 0 Å². The molecule has 0 saturated heterocycles. The van der Waals surface area contributed by atoms with Crippen LogP contribution < -0.4 is 20.9 Å².